The minimum Gasteiger partial charge on any atom is -0.396 e. The SMILES string of the molecule is O=C(NCC1(CO)CC1)c1ccc(Br)c(F)c1. The lowest BCUT2D eigenvalue weighted by Gasteiger charge is -2.12. The fourth-order valence-electron chi connectivity index (χ4n) is 1.57. The number of amides is 1. The zero-order chi connectivity index (χ0) is 12.5. The molecule has 0 aliphatic heterocycles. The number of carbonyl (C=O) groups is 1. The predicted octanol–water partition coefficient (Wildman–Crippen LogP) is 2.09. The first-order valence-corrected chi connectivity index (χ1v) is 6.20. The van der Waals surface area contributed by atoms with Gasteiger partial charge in [-0.25, -0.2) is 4.39 Å². The number of halogens is 2. The van der Waals surface area contributed by atoms with Gasteiger partial charge in [-0.2, -0.15) is 0 Å². The molecule has 0 radical (unpaired) electrons. The van der Waals surface area contributed by atoms with Gasteiger partial charge in [0.25, 0.3) is 5.91 Å². The molecule has 0 spiro atoms. The molecule has 0 aromatic heterocycles. The van der Waals surface area contributed by atoms with Crippen LogP contribution in [0.1, 0.15) is 23.2 Å². The molecule has 92 valence electrons. The molecule has 0 saturated heterocycles. The van der Waals surface area contributed by atoms with E-state index >= 15 is 0 Å². The lowest BCUT2D eigenvalue weighted by molar-refractivity contribution is 0.0934. The third kappa shape index (κ3) is 2.84. The number of hydrogen-bond acceptors (Lipinski definition) is 2. The summed E-state index contributed by atoms with van der Waals surface area (Å²) in [6, 6.07) is 4.25. The van der Waals surface area contributed by atoms with Crippen LogP contribution in [0.3, 0.4) is 0 Å². The molecule has 2 N–H and O–H groups in total. The average Bonchev–Trinajstić information content (AvgIpc) is 3.10. The van der Waals surface area contributed by atoms with Crippen molar-refractivity contribution in [1.29, 1.82) is 0 Å². The fourth-order valence-corrected chi connectivity index (χ4v) is 1.82. The lowest BCUT2D eigenvalue weighted by atomic mass is 10.1. The van der Waals surface area contributed by atoms with Crippen molar-refractivity contribution in [3.05, 3.63) is 34.1 Å². The molecule has 1 saturated carbocycles. The molecule has 1 aliphatic carbocycles. The van der Waals surface area contributed by atoms with Crippen LogP contribution in [0.15, 0.2) is 22.7 Å². The van der Waals surface area contributed by atoms with Gasteiger partial charge in [-0.3, -0.25) is 4.79 Å². The maximum absolute atomic E-state index is 13.2. The molecular formula is C12H13BrFNO2. The van der Waals surface area contributed by atoms with Crippen molar-refractivity contribution in [1.82, 2.24) is 5.32 Å². The highest BCUT2D eigenvalue weighted by Gasteiger charge is 2.42. The smallest absolute Gasteiger partial charge is 0.251 e. The van der Waals surface area contributed by atoms with Gasteiger partial charge in [0.2, 0.25) is 0 Å². The Hall–Kier alpha value is -0.940. The average molecular weight is 302 g/mol. The second-order valence-corrected chi connectivity index (χ2v) is 5.32. The van der Waals surface area contributed by atoms with Gasteiger partial charge >= 0.3 is 0 Å². The summed E-state index contributed by atoms with van der Waals surface area (Å²) in [6.07, 6.45) is 1.86. The summed E-state index contributed by atoms with van der Waals surface area (Å²) in [5.41, 5.74) is 0.156. The summed E-state index contributed by atoms with van der Waals surface area (Å²) in [5, 5.41) is 11.8. The van der Waals surface area contributed by atoms with Gasteiger partial charge in [0.05, 0.1) is 11.1 Å². The highest BCUT2D eigenvalue weighted by atomic mass is 79.9. The molecule has 1 aliphatic rings. The van der Waals surface area contributed by atoms with E-state index < -0.39 is 5.82 Å². The van der Waals surface area contributed by atoms with E-state index in [1.54, 1.807) is 6.07 Å². The highest BCUT2D eigenvalue weighted by Crippen LogP contribution is 2.44. The Kier molecular flexibility index (Phi) is 3.49. The molecule has 1 fully saturated rings. The third-order valence-electron chi connectivity index (χ3n) is 3.10. The summed E-state index contributed by atoms with van der Waals surface area (Å²) in [4.78, 5) is 11.7. The Morgan fingerprint density at radius 3 is 2.76 bits per heavy atom. The molecule has 1 amide bonds. The topological polar surface area (TPSA) is 49.3 Å². The van der Waals surface area contributed by atoms with Crippen LogP contribution in [0, 0.1) is 11.2 Å². The van der Waals surface area contributed by atoms with Crippen molar-refractivity contribution < 1.29 is 14.3 Å². The van der Waals surface area contributed by atoms with Crippen LogP contribution in [0.5, 0.6) is 0 Å². The first kappa shape index (κ1) is 12.5. The van der Waals surface area contributed by atoms with Gasteiger partial charge in [0.1, 0.15) is 5.82 Å². The molecule has 3 nitrogen and oxygen atoms in total. The van der Waals surface area contributed by atoms with Crippen LogP contribution in [-0.4, -0.2) is 24.2 Å². The Morgan fingerprint density at radius 2 is 2.24 bits per heavy atom. The largest absolute Gasteiger partial charge is 0.396 e. The Bertz CT molecular complexity index is 446. The molecular weight excluding hydrogens is 289 g/mol. The highest BCUT2D eigenvalue weighted by molar-refractivity contribution is 9.10. The third-order valence-corrected chi connectivity index (χ3v) is 3.74. The number of carbonyl (C=O) groups excluding carboxylic acids is 1. The standard InChI is InChI=1S/C12H13BrFNO2/c13-9-2-1-8(5-10(9)14)11(17)15-6-12(7-16)3-4-12/h1-2,5,16H,3-4,6-7H2,(H,15,17). The minimum atomic E-state index is -0.457. The lowest BCUT2D eigenvalue weighted by Crippen LogP contribution is -2.31. The molecule has 5 heteroatoms. The number of aliphatic hydroxyl groups is 1. The van der Waals surface area contributed by atoms with E-state index in [0.29, 0.717) is 16.6 Å². The van der Waals surface area contributed by atoms with E-state index in [9.17, 15) is 9.18 Å². The van der Waals surface area contributed by atoms with E-state index in [1.165, 1.54) is 12.1 Å². The molecule has 0 atom stereocenters. The number of benzene rings is 1. The predicted molar refractivity (Wildman–Crippen MR) is 65.2 cm³/mol. The van der Waals surface area contributed by atoms with E-state index in [4.69, 9.17) is 5.11 Å². The Labute approximate surface area is 107 Å². The van der Waals surface area contributed by atoms with Crippen molar-refractivity contribution in [3.63, 3.8) is 0 Å². The fraction of sp³-hybridized carbons (Fsp3) is 0.417. The van der Waals surface area contributed by atoms with Crippen molar-refractivity contribution in [2.24, 2.45) is 5.41 Å². The van der Waals surface area contributed by atoms with E-state index in [2.05, 4.69) is 21.2 Å². The second-order valence-electron chi connectivity index (χ2n) is 4.47. The summed E-state index contributed by atoms with van der Waals surface area (Å²) < 4.78 is 13.6. The first-order valence-electron chi connectivity index (χ1n) is 5.40. The maximum atomic E-state index is 13.2. The van der Waals surface area contributed by atoms with Crippen molar-refractivity contribution in [2.45, 2.75) is 12.8 Å². The van der Waals surface area contributed by atoms with E-state index in [-0.39, 0.29) is 17.9 Å². The van der Waals surface area contributed by atoms with Crippen LogP contribution in [0.25, 0.3) is 0 Å². The van der Waals surface area contributed by atoms with Gasteiger partial charge in [0, 0.05) is 17.5 Å². The van der Waals surface area contributed by atoms with Gasteiger partial charge in [-0.1, -0.05) is 0 Å². The summed E-state index contributed by atoms with van der Waals surface area (Å²) in [5.74, 6) is -0.767. The van der Waals surface area contributed by atoms with Gasteiger partial charge in [0.15, 0.2) is 0 Å². The van der Waals surface area contributed by atoms with Crippen LogP contribution < -0.4 is 5.32 Å². The summed E-state index contributed by atoms with van der Waals surface area (Å²) >= 11 is 3.03. The minimum absolute atomic E-state index is 0.0853. The van der Waals surface area contributed by atoms with Crippen LogP contribution in [-0.2, 0) is 0 Å². The van der Waals surface area contributed by atoms with Crippen molar-refractivity contribution in [3.8, 4) is 0 Å². The number of hydrogen-bond donors (Lipinski definition) is 2. The van der Waals surface area contributed by atoms with E-state index in [1.807, 2.05) is 0 Å². The molecule has 0 heterocycles. The monoisotopic (exact) mass is 301 g/mol. The van der Waals surface area contributed by atoms with Crippen LogP contribution in [0.4, 0.5) is 4.39 Å². The van der Waals surface area contributed by atoms with Gasteiger partial charge in [-0.15, -0.1) is 0 Å². The molecule has 0 unspecified atom stereocenters. The second kappa shape index (κ2) is 4.74. The Balaban J connectivity index is 1.97. The summed E-state index contributed by atoms with van der Waals surface area (Å²) in [6.45, 7) is 0.530. The number of nitrogens with one attached hydrogen (secondary N) is 1. The maximum Gasteiger partial charge on any atom is 0.251 e. The zero-order valence-electron chi connectivity index (χ0n) is 9.17. The van der Waals surface area contributed by atoms with Crippen molar-refractivity contribution >= 4 is 21.8 Å². The quantitative estimate of drug-likeness (QED) is 0.895. The molecule has 1 aromatic rings. The van der Waals surface area contributed by atoms with Crippen LogP contribution in [0.2, 0.25) is 0 Å². The van der Waals surface area contributed by atoms with Crippen LogP contribution >= 0.6 is 15.9 Å². The summed E-state index contributed by atoms with van der Waals surface area (Å²) in [7, 11) is 0. The molecule has 2 rings (SSSR count). The molecule has 17 heavy (non-hydrogen) atoms. The van der Waals surface area contributed by atoms with Gasteiger partial charge in [-0.05, 0) is 47.0 Å². The normalized spacial score (nSPS) is 16.6. The van der Waals surface area contributed by atoms with E-state index in [0.717, 1.165) is 12.8 Å². The Morgan fingerprint density at radius 1 is 1.53 bits per heavy atom. The first-order chi connectivity index (χ1) is 8.06. The molecule has 0 bridgehead atoms. The molecule has 1 aromatic carbocycles. The number of rotatable bonds is 4. The van der Waals surface area contributed by atoms with Crippen molar-refractivity contribution in [2.75, 3.05) is 13.2 Å². The number of aliphatic hydroxyl groups excluding tert-OH is 1. The zero-order valence-corrected chi connectivity index (χ0v) is 10.8. The van der Waals surface area contributed by atoms with Gasteiger partial charge < -0.3 is 10.4 Å².